The number of benzene rings is 1. The van der Waals surface area contributed by atoms with Crippen LogP contribution in [-0.4, -0.2) is 39.5 Å². The number of carbonyl (C=O) groups is 1. The zero-order valence-corrected chi connectivity index (χ0v) is 13.0. The topological polar surface area (TPSA) is 49.8 Å². The van der Waals surface area contributed by atoms with Gasteiger partial charge in [0.15, 0.2) is 0 Å². The number of phenols is 1. The second kappa shape index (κ2) is 6.17. The van der Waals surface area contributed by atoms with E-state index in [1.165, 1.54) is 11.8 Å². The maximum atomic E-state index is 12.4. The number of hydrogen-bond acceptors (Lipinski definition) is 5. The summed E-state index contributed by atoms with van der Waals surface area (Å²) in [5.74, 6) is 0.0995. The van der Waals surface area contributed by atoms with Crippen LogP contribution in [0.4, 0.5) is 0 Å². The molecular weight excluding hydrogens is 306 g/mol. The first-order valence-electron chi connectivity index (χ1n) is 6.79. The SMILES string of the molecule is O=C1/C(=C/c2cccc(O)c2)SC(=S)N1C[C@@H]1CCCO1. The van der Waals surface area contributed by atoms with Gasteiger partial charge in [0.2, 0.25) is 0 Å². The van der Waals surface area contributed by atoms with Crippen molar-refractivity contribution in [1.29, 1.82) is 0 Å². The van der Waals surface area contributed by atoms with Crippen molar-refractivity contribution in [2.24, 2.45) is 0 Å². The Bertz CT molecular complexity index is 609. The Labute approximate surface area is 132 Å². The molecule has 21 heavy (non-hydrogen) atoms. The molecule has 4 nitrogen and oxygen atoms in total. The molecule has 1 aromatic rings. The van der Waals surface area contributed by atoms with Crippen LogP contribution in [0.15, 0.2) is 29.2 Å². The number of phenolic OH excluding ortho intramolecular Hbond substituents is 1. The number of carbonyl (C=O) groups excluding carboxylic acids is 1. The van der Waals surface area contributed by atoms with E-state index in [9.17, 15) is 9.90 Å². The van der Waals surface area contributed by atoms with E-state index in [1.54, 1.807) is 29.2 Å². The minimum absolute atomic E-state index is 0.0798. The molecule has 6 heteroatoms. The van der Waals surface area contributed by atoms with Gasteiger partial charge in [-0.3, -0.25) is 9.69 Å². The first kappa shape index (κ1) is 14.6. The van der Waals surface area contributed by atoms with E-state index in [-0.39, 0.29) is 17.8 Å². The highest BCUT2D eigenvalue weighted by Gasteiger charge is 2.34. The third kappa shape index (κ3) is 3.28. The van der Waals surface area contributed by atoms with Crippen molar-refractivity contribution in [3.63, 3.8) is 0 Å². The summed E-state index contributed by atoms with van der Waals surface area (Å²) in [5.41, 5.74) is 0.785. The van der Waals surface area contributed by atoms with Crippen molar-refractivity contribution in [1.82, 2.24) is 4.90 Å². The van der Waals surface area contributed by atoms with Crippen LogP contribution in [0.5, 0.6) is 5.75 Å². The first-order valence-corrected chi connectivity index (χ1v) is 8.02. The van der Waals surface area contributed by atoms with E-state index >= 15 is 0 Å². The van der Waals surface area contributed by atoms with Gasteiger partial charge in [-0.1, -0.05) is 36.1 Å². The highest BCUT2D eigenvalue weighted by Crippen LogP contribution is 2.33. The fourth-order valence-electron chi connectivity index (χ4n) is 2.42. The third-order valence-electron chi connectivity index (χ3n) is 3.45. The second-order valence-corrected chi connectivity index (χ2v) is 6.70. The Morgan fingerprint density at radius 1 is 1.52 bits per heavy atom. The molecule has 2 aliphatic rings. The number of hydrogen-bond donors (Lipinski definition) is 1. The fourth-order valence-corrected chi connectivity index (χ4v) is 3.69. The highest BCUT2D eigenvalue weighted by molar-refractivity contribution is 8.26. The Hall–Kier alpha value is -1.37. The molecule has 2 fully saturated rings. The summed E-state index contributed by atoms with van der Waals surface area (Å²) >= 11 is 6.59. The Morgan fingerprint density at radius 2 is 2.38 bits per heavy atom. The number of thioether (sulfide) groups is 1. The zero-order valence-electron chi connectivity index (χ0n) is 11.3. The standard InChI is InChI=1S/C15H15NO3S2/c17-11-4-1-3-10(7-11)8-13-14(18)16(15(20)21-13)9-12-5-2-6-19-12/h1,3-4,7-8,12,17H,2,5-6,9H2/b13-8-/t12-/m0/s1. The van der Waals surface area contributed by atoms with Crippen molar-refractivity contribution in [3.8, 4) is 5.75 Å². The van der Waals surface area contributed by atoms with Crippen LogP contribution in [0.25, 0.3) is 6.08 Å². The minimum atomic E-state index is -0.0798. The maximum Gasteiger partial charge on any atom is 0.266 e. The molecule has 2 saturated heterocycles. The largest absolute Gasteiger partial charge is 0.508 e. The van der Waals surface area contributed by atoms with Crippen LogP contribution in [0.3, 0.4) is 0 Å². The van der Waals surface area contributed by atoms with E-state index < -0.39 is 0 Å². The first-order chi connectivity index (χ1) is 10.1. The molecule has 1 atom stereocenters. The molecule has 110 valence electrons. The number of aromatic hydroxyl groups is 1. The molecule has 0 saturated carbocycles. The molecule has 0 aliphatic carbocycles. The molecule has 1 amide bonds. The fraction of sp³-hybridized carbons (Fsp3) is 0.333. The van der Waals surface area contributed by atoms with E-state index in [0.717, 1.165) is 25.0 Å². The lowest BCUT2D eigenvalue weighted by Gasteiger charge is -2.18. The highest BCUT2D eigenvalue weighted by atomic mass is 32.2. The summed E-state index contributed by atoms with van der Waals surface area (Å²) in [6, 6.07) is 6.80. The van der Waals surface area contributed by atoms with Gasteiger partial charge in [0.25, 0.3) is 5.91 Å². The van der Waals surface area contributed by atoms with E-state index in [0.29, 0.717) is 15.8 Å². The lowest BCUT2D eigenvalue weighted by Crippen LogP contribution is -2.35. The van der Waals surface area contributed by atoms with Crippen molar-refractivity contribution >= 4 is 40.3 Å². The van der Waals surface area contributed by atoms with E-state index in [1.807, 2.05) is 6.07 Å². The normalized spacial score (nSPS) is 24.3. The van der Waals surface area contributed by atoms with Gasteiger partial charge in [-0.25, -0.2) is 0 Å². The molecule has 1 aromatic carbocycles. The van der Waals surface area contributed by atoms with Crippen LogP contribution < -0.4 is 0 Å². The third-order valence-corrected chi connectivity index (χ3v) is 4.83. The van der Waals surface area contributed by atoms with Gasteiger partial charge in [0.1, 0.15) is 10.1 Å². The van der Waals surface area contributed by atoms with Gasteiger partial charge in [0.05, 0.1) is 17.6 Å². The predicted molar refractivity (Wildman–Crippen MR) is 87.0 cm³/mol. The quantitative estimate of drug-likeness (QED) is 0.685. The average molecular weight is 321 g/mol. The van der Waals surface area contributed by atoms with Gasteiger partial charge in [0, 0.05) is 6.61 Å². The Kier molecular flexibility index (Phi) is 4.28. The maximum absolute atomic E-state index is 12.4. The summed E-state index contributed by atoms with van der Waals surface area (Å²) in [6.07, 6.45) is 3.86. The number of amides is 1. The molecule has 2 heterocycles. The van der Waals surface area contributed by atoms with Crippen LogP contribution in [-0.2, 0) is 9.53 Å². The molecular formula is C15H15NO3S2. The van der Waals surface area contributed by atoms with Gasteiger partial charge in [-0.15, -0.1) is 0 Å². The van der Waals surface area contributed by atoms with Gasteiger partial charge >= 0.3 is 0 Å². The summed E-state index contributed by atoms with van der Waals surface area (Å²) < 4.78 is 6.14. The number of ether oxygens (including phenoxy) is 1. The van der Waals surface area contributed by atoms with Crippen LogP contribution >= 0.6 is 24.0 Å². The molecule has 0 radical (unpaired) electrons. The van der Waals surface area contributed by atoms with Crippen LogP contribution in [0.2, 0.25) is 0 Å². The van der Waals surface area contributed by atoms with Crippen molar-refractivity contribution in [2.45, 2.75) is 18.9 Å². The lowest BCUT2D eigenvalue weighted by atomic mass is 10.2. The number of rotatable bonds is 3. The lowest BCUT2D eigenvalue weighted by molar-refractivity contribution is -0.123. The van der Waals surface area contributed by atoms with E-state index in [2.05, 4.69) is 0 Å². The van der Waals surface area contributed by atoms with E-state index in [4.69, 9.17) is 17.0 Å². The minimum Gasteiger partial charge on any atom is -0.508 e. The Balaban J connectivity index is 1.76. The number of thiocarbonyl (C=S) groups is 1. The predicted octanol–water partition coefficient (Wildman–Crippen LogP) is 2.77. The second-order valence-electron chi connectivity index (χ2n) is 5.02. The molecule has 0 aromatic heterocycles. The molecule has 0 bridgehead atoms. The van der Waals surface area contributed by atoms with Crippen LogP contribution in [0.1, 0.15) is 18.4 Å². The summed E-state index contributed by atoms with van der Waals surface area (Å²) in [4.78, 5) is 14.6. The molecule has 0 spiro atoms. The monoisotopic (exact) mass is 321 g/mol. The summed E-state index contributed by atoms with van der Waals surface area (Å²) in [5, 5.41) is 9.47. The molecule has 3 rings (SSSR count). The molecule has 0 unspecified atom stereocenters. The van der Waals surface area contributed by atoms with Gasteiger partial charge < -0.3 is 9.84 Å². The van der Waals surface area contributed by atoms with Crippen molar-refractivity contribution in [3.05, 3.63) is 34.7 Å². The number of nitrogens with zero attached hydrogens (tertiary/aromatic N) is 1. The van der Waals surface area contributed by atoms with Gasteiger partial charge in [-0.2, -0.15) is 0 Å². The van der Waals surface area contributed by atoms with Crippen molar-refractivity contribution < 1.29 is 14.6 Å². The molecule has 1 N–H and O–H groups in total. The Morgan fingerprint density at radius 3 is 3.10 bits per heavy atom. The van der Waals surface area contributed by atoms with Crippen LogP contribution in [0, 0.1) is 0 Å². The molecule has 2 aliphatic heterocycles. The smallest absolute Gasteiger partial charge is 0.266 e. The average Bonchev–Trinajstić information content (AvgIpc) is 3.04. The van der Waals surface area contributed by atoms with Gasteiger partial charge in [-0.05, 0) is 36.6 Å². The van der Waals surface area contributed by atoms with Crippen molar-refractivity contribution in [2.75, 3.05) is 13.2 Å². The summed E-state index contributed by atoms with van der Waals surface area (Å²) in [6.45, 7) is 1.29. The zero-order chi connectivity index (χ0) is 14.8. The summed E-state index contributed by atoms with van der Waals surface area (Å²) in [7, 11) is 0.